The van der Waals surface area contributed by atoms with Crippen molar-refractivity contribution in [1.29, 1.82) is 0 Å². The second-order valence-corrected chi connectivity index (χ2v) is 5.98. The van der Waals surface area contributed by atoms with Gasteiger partial charge in [-0.05, 0) is 51.8 Å². The first kappa shape index (κ1) is 17.8. The van der Waals surface area contributed by atoms with Crippen molar-refractivity contribution in [2.75, 3.05) is 31.1 Å². The van der Waals surface area contributed by atoms with Crippen LogP contribution in [0.5, 0.6) is 5.75 Å². The molecule has 3 nitrogen and oxygen atoms in total. The molecule has 1 aromatic rings. The maximum Gasteiger partial charge on any atom is 0.121 e. The molecule has 0 fully saturated rings. The van der Waals surface area contributed by atoms with Crippen molar-refractivity contribution in [3.05, 3.63) is 24.3 Å². The first-order chi connectivity index (χ1) is 10.1. The molecule has 1 atom stereocenters. The number of benzene rings is 1. The standard InChI is InChI=1S/C18H32N2O/c1-6-20(7-2)17-9-8-10-18(13-17)21-16(5)14-19-12-11-15(3)4/h8-10,13,15-16,19H,6-7,11-12,14H2,1-5H3. The molecule has 0 aromatic heterocycles. The van der Waals surface area contributed by atoms with Crippen LogP contribution in [-0.2, 0) is 0 Å². The van der Waals surface area contributed by atoms with E-state index in [4.69, 9.17) is 4.74 Å². The number of hydrogen-bond acceptors (Lipinski definition) is 3. The van der Waals surface area contributed by atoms with Crippen LogP contribution in [0.15, 0.2) is 24.3 Å². The lowest BCUT2D eigenvalue weighted by Crippen LogP contribution is -2.30. The number of ether oxygens (including phenoxy) is 1. The molecule has 0 aliphatic carbocycles. The van der Waals surface area contributed by atoms with Gasteiger partial charge in [0.2, 0.25) is 0 Å². The largest absolute Gasteiger partial charge is 0.489 e. The van der Waals surface area contributed by atoms with Gasteiger partial charge in [-0.15, -0.1) is 0 Å². The highest BCUT2D eigenvalue weighted by molar-refractivity contribution is 5.50. The molecule has 0 heterocycles. The van der Waals surface area contributed by atoms with E-state index in [1.807, 2.05) is 6.07 Å². The molecule has 0 aliphatic rings. The number of nitrogens with one attached hydrogen (secondary N) is 1. The second kappa shape index (κ2) is 9.67. The van der Waals surface area contributed by atoms with Crippen molar-refractivity contribution in [2.45, 2.75) is 47.1 Å². The summed E-state index contributed by atoms with van der Waals surface area (Å²) in [4.78, 5) is 2.33. The van der Waals surface area contributed by atoms with Crippen LogP contribution in [0.2, 0.25) is 0 Å². The van der Waals surface area contributed by atoms with E-state index >= 15 is 0 Å². The maximum absolute atomic E-state index is 6.01. The van der Waals surface area contributed by atoms with E-state index in [0.29, 0.717) is 0 Å². The van der Waals surface area contributed by atoms with Crippen LogP contribution in [0, 0.1) is 5.92 Å². The summed E-state index contributed by atoms with van der Waals surface area (Å²) in [6, 6.07) is 8.39. The molecule has 21 heavy (non-hydrogen) atoms. The second-order valence-electron chi connectivity index (χ2n) is 5.98. The van der Waals surface area contributed by atoms with Gasteiger partial charge in [-0.25, -0.2) is 0 Å². The minimum absolute atomic E-state index is 0.184. The number of anilines is 1. The van der Waals surface area contributed by atoms with Crippen molar-refractivity contribution in [3.8, 4) is 5.75 Å². The lowest BCUT2D eigenvalue weighted by atomic mass is 10.1. The minimum atomic E-state index is 0.184. The Morgan fingerprint density at radius 2 is 1.86 bits per heavy atom. The molecule has 1 rings (SSSR count). The Kier molecular flexibility index (Phi) is 8.21. The van der Waals surface area contributed by atoms with Gasteiger partial charge in [0.05, 0.1) is 0 Å². The van der Waals surface area contributed by atoms with E-state index in [0.717, 1.165) is 37.8 Å². The van der Waals surface area contributed by atoms with Crippen molar-refractivity contribution in [3.63, 3.8) is 0 Å². The third-order valence-electron chi connectivity index (χ3n) is 3.61. The van der Waals surface area contributed by atoms with Crippen molar-refractivity contribution < 1.29 is 4.74 Å². The molecule has 1 N–H and O–H groups in total. The van der Waals surface area contributed by atoms with Gasteiger partial charge < -0.3 is 15.0 Å². The molecule has 3 heteroatoms. The molecule has 1 unspecified atom stereocenters. The van der Waals surface area contributed by atoms with Crippen LogP contribution in [0.1, 0.15) is 41.0 Å². The average Bonchev–Trinajstić information content (AvgIpc) is 2.45. The van der Waals surface area contributed by atoms with Gasteiger partial charge in [0.15, 0.2) is 0 Å². The quantitative estimate of drug-likeness (QED) is 0.661. The zero-order chi connectivity index (χ0) is 15.7. The molecule has 0 saturated carbocycles. The summed E-state index contributed by atoms with van der Waals surface area (Å²) >= 11 is 0. The molecule has 0 saturated heterocycles. The van der Waals surface area contributed by atoms with Crippen LogP contribution >= 0.6 is 0 Å². The molecule has 0 amide bonds. The summed E-state index contributed by atoms with van der Waals surface area (Å²) in [7, 11) is 0. The molecule has 0 aliphatic heterocycles. The maximum atomic E-state index is 6.01. The van der Waals surface area contributed by atoms with E-state index in [9.17, 15) is 0 Å². The molecule has 0 radical (unpaired) electrons. The summed E-state index contributed by atoms with van der Waals surface area (Å²) < 4.78 is 6.01. The van der Waals surface area contributed by atoms with Gasteiger partial charge in [0, 0.05) is 31.4 Å². The highest BCUT2D eigenvalue weighted by Gasteiger charge is 2.07. The van der Waals surface area contributed by atoms with Gasteiger partial charge in [-0.3, -0.25) is 0 Å². The fraction of sp³-hybridized carbons (Fsp3) is 0.667. The Morgan fingerprint density at radius 3 is 2.48 bits per heavy atom. The number of nitrogens with zero attached hydrogens (tertiary/aromatic N) is 1. The van der Waals surface area contributed by atoms with E-state index < -0.39 is 0 Å². The molecular weight excluding hydrogens is 260 g/mol. The van der Waals surface area contributed by atoms with Crippen LogP contribution in [0.3, 0.4) is 0 Å². The van der Waals surface area contributed by atoms with Crippen molar-refractivity contribution in [1.82, 2.24) is 5.32 Å². The van der Waals surface area contributed by atoms with Gasteiger partial charge in [0.1, 0.15) is 11.9 Å². The molecular formula is C18H32N2O. The Bertz CT molecular complexity index is 389. The SMILES string of the molecule is CCN(CC)c1cccc(OC(C)CNCCC(C)C)c1. The molecule has 0 bridgehead atoms. The first-order valence-corrected chi connectivity index (χ1v) is 8.29. The lowest BCUT2D eigenvalue weighted by molar-refractivity contribution is 0.216. The third kappa shape index (κ3) is 6.85. The van der Waals surface area contributed by atoms with Crippen LogP contribution in [0.25, 0.3) is 0 Å². The zero-order valence-corrected chi connectivity index (χ0v) is 14.4. The average molecular weight is 292 g/mol. The fourth-order valence-electron chi connectivity index (χ4n) is 2.31. The molecule has 120 valence electrons. The summed E-state index contributed by atoms with van der Waals surface area (Å²) in [6.07, 6.45) is 1.40. The van der Waals surface area contributed by atoms with E-state index in [1.165, 1.54) is 12.1 Å². The smallest absolute Gasteiger partial charge is 0.121 e. The highest BCUT2D eigenvalue weighted by Crippen LogP contribution is 2.21. The Balaban J connectivity index is 2.45. The van der Waals surface area contributed by atoms with Crippen molar-refractivity contribution in [2.24, 2.45) is 5.92 Å². The topological polar surface area (TPSA) is 24.5 Å². The summed E-state index contributed by atoms with van der Waals surface area (Å²) in [5.74, 6) is 1.71. The van der Waals surface area contributed by atoms with Gasteiger partial charge >= 0.3 is 0 Å². The predicted molar refractivity (Wildman–Crippen MR) is 92.4 cm³/mol. The van der Waals surface area contributed by atoms with Gasteiger partial charge in [-0.2, -0.15) is 0 Å². The summed E-state index contributed by atoms with van der Waals surface area (Å²) in [5, 5.41) is 3.46. The fourth-order valence-corrected chi connectivity index (χ4v) is 2.31. The monoisotopic (exact) mass is 292 g/mol. The van der Waals surface area contributed by atoms with E-state index in [-0.39, 0.29) is 6.10 Å². The van der Waals surface area contributed by atoms with Crippen LogP contribution in [-0.4, -0.2) is 32.3 Å². The van der Waals surface area contributed by atoms with Gasteiger partial charge in [-0.1, -0.05) is 19.9 Å². The highest BCUT2D eigenvalue weighted by atomic mass is 16.5. The van der Waals surface area contributed by atoms with Crippen LogP contribution < -0.4 is 15.0 Å². The lowest BCUT2D eigenvalue weighted by Gasteiger charge is -2.22. The summed E-state index contributed by atoms with van der Waals surface area (Å²) in [5.41, 5.74) is 1.23. The molecule has 0 spiro atoms. The van der Waals surface area contributed by atoms with Gasteiger partial charge in [0.25, 0.3) is 0 Å². The first-order valence-electron chi connectivity index (χ1n) is 8.29. The Hall–Kier alpha value is -1.22. The van der Waals surface area contributed by atoms with E-state index in [2.05, 4.69) is 63.0 Å². The summed E-state index contributed by atoms with van der Waals surface area (Å²) in [6.45, 7) is 15.0. The van der Waals surface area contributed by atoms with E-state index in [1.54, 1.807) is 0 Å². The molecule has 1 aromatic carbocycles. The minimum Gasteiger partial charge on any atom is -0.489 e. The Morgan fingerprint density at radius 1 is 1.14 bits per heavy atom. The Labute approximate surface area is 130 Å². The normalized spacial score (nSPS) is 12.5. The number of rotatable bonds is 10. The predicted octanol–water partition coefficient (Wildman–Crippen LogP) is 3.94. The third-order valence-corrected chi connectivity index (χ3v) is 3.61. The van der Waals surface area contributed by atoms with Crippen molar-refractivity contribution >= 4 is 5.69 Å². The zero-order valence-electron chi connectivity index (χ0n) is 14.4. The van der Waals surface area contributed by atoms with Crippen LogP contribution in [0.4, 0.5) is 5.69 Å². The number of hydrogen-bond donors (Lipinski definition) is 1.